The van der Waals surface area contributed by atoms with Gasteiger partial charge < -0.3 is 0 Å². The zero-order valence-electron chi connectivity index (χ0n) is 10.8. The summed E-state index contributed by atoms with van der Waals surface area (Å²) < 4.78 is 26.5. The van der Waals surface area contributed by atoms with Crippen LogP contribution in [0.4, 0.5) is 0 Å². The summed E-state index contributed by atoms with van der Waals surface area (Å²) in [6, 6.07) is 7.10. The van der Waals surface area contributed by atoms with Crippen LogP contribution >= 0.6 is 15.9 Å². The molecule has 1 atom stereocenters. The van der Waals surface area contributed by atoms with Gasteiger partial charge in [0.15, 0.2) is 0 Å². The Morgan fingerprint density at radius 3 is 2.39 bits per heavy atom. The number of sulfonamides is 1. The minimum Gasteiger partial charge on any atom is -0.211 e. The molecule has 1 aromatic carbocycles. The normalized spacial score (nSPS) is 13.5. The fourth-order valence-electron chi connectivity index (χ4n) is 1.60. The molecule has 5 heteroatoms. The maximum atomic E-state index is 12.0. The molecule has 0 saturated carbocycles. The molecule has 1 unspecified atom stereocenters. The maximum absolute atomic E-state index is 12.0. The van der Waals surface area contributed by atoms with E-state index in [1.807, 2.05) is 19.1 Å². The molecule has 0 amide bonds. The van der Waals surface area contributed by atoms with Crippen LogP contribution in [0.15, 0.2) is 29.2 Å². The Balaban J connectivity index is 2.67. The van der Waals surface area contributed by atoms with Gasteiger partial charge in [0.25, 0.3) is 0 Å². The molecule has 0 radical (unpaired) electrons. The lowest BCUT2D eigenvalue weighted by molar-refractivity contribution is 0.579. The second-order valence-electron chi connectivity index (χ2n) is 4.36. The fraction of sp³-hybridized carbons (Fsp3) is 0.538. The first-order chi connectivity index (χ1) is 8.45. The third kappa shape index (κ3) is 5.08. The Labute approximate surface area is 118 Å². The largest absolute Gasteiger partial charge is 0.240 e. The molecule has 0 aromatic heterocycles. The zero-order valence-corrected chi connectivity index (χ0v) is 13.2. The molecule has 0 saturated heterocycles. The number of rotatable bonds is 7. The van der Waals surface area contributed by atoms with E-state index >= 15 is 0 Å². The molecule has 0 aliphatic rings. The van der Waals surface area contributed by atoms with Crippen LogP contribution in [0.5, 0.6) is 0 Å². The summed E-state index contributed by atoms with van der Waals surface area (Å²) in [6.07, 6.45) is 2.81. The van der Waals surface area contributed by atoms with Gasteiger partial charge in [-0.05, 0) is 30.5 Å². The van der Waals surface area contributed by atoms with Crippen molar-refractivity contribution in [3.8, 4) is 0 Å². The molecule has 0 bridgehead atoms. The van der Waals surface area contributed by atoms with Gasteiger partial charge in [-0.2, -0.15) is 0 Å². The van der Waals surface area contributed by atoms with E-state index in [0.29, 0.717) is 16.3 Å². The first-order valence-corrected chi connectivity index (χ1v) is 8.58. The van der Waals surface area contributed by atoms with Crippen molar-refractivity contribution in [3.63, 3.8) is 0 Å². The lowest BCUT2D eigenvalue weighted by Gasteiger charge is -2.08. The number of nitrogens with one attached hydrogen (secondary N) is 1. The second-order valence-corrected chi connectivity index (χ2v) is 7.69. The summed E-state index contributed by atoms with van der Waals surface area (Å²) in [5, 5.41) is 0. The summed E-state index contributed by atoms with van der Waals surface area (Å²) in [5.74, 6) is 0. The highest BCUT2D eigenvalue weighted by Crippen LogP contribution is 2.12. The predicted molar refractivity (Wildman–Crippen MR) is 78.6 cm³/mol. The van der Waals surface area contributed by atoms with Gasteiger partial charge in [-0.3, -0.25) is 0 Å². The smallest absolute Gasteiger partial charge is 0.211 e. The van der Waals surface area contributed by atoms with Crippen LogP contribution in [0.3, 0.4) is 0 Å². The van der Waals surface area contributed by atoms with E-state index in [1.54, 1.807) is 12.1 Å². The Hall–Kier alpha value is -0.390. The van der Waals surface area contributed by atoms with Crippen molar-refractivity contribution in [2.75, 3.05) is 6.54 Å². The van der Waals surface area contributed by atoms with Crippen molar-refractivity contribution >= 4 is 26.0 Å². The Morgan fingerprint density at radius 1 is 1.28 bits per heavy atom. The highest BCUT2D eigenvalue weighted by Gasteiger charge is 2.13. The summed E-state index contributed by atoms with van der Waals surface area (Å²) >= 11 is 3.39. The molecule has 0 aliphatic heterocycles. The first kappa shape index (κ1) is 15.7. The Kier molecular flexibility index (Phi) is 6.32. The summed E-state index contributed by atoms with van der Waals surface area (Å²) in [7, 11) is -3.36. The van der Waals surface area contributed by atoms with Crippen LogP contribution in [0.25, 0.3) is 0 Å². The van der Waals surface area contributed by atoms with Crippen LogP contribution in [-0.4, -0.2) is 19.8 Å². The molecule has 18 heavy (non-hydrogen) atoms. The average Bonchev–Trinajstić information content (AvgIpc) is 2.29. The number of benzene rings is 1. The highest BCUT2D eigenvalue weighted by atomic mass is 79.9. The van der Waals surface area contributed by atoms with Crippen LogP contribution in [0, 0.1) is 0 Å². The lowest BCUT2D eigenvalue weighted by atomic mass is 10.1. The van der Waals surface area contributed by atoms with Crippen molar-refractivity contribution in [3.05, 3.63) is 29.8 Å². The average molecular weight is 334 g/mol. The van der Waals surface area contributed by atoms with Gasteiger partial charge in [0.2, 0.25) is 10.0 Å². The number of hydrogen-bond acceptors (Lipinski definition) is 2. The van der Waals surface area contributed by atoms with E-state index in [0.717, 1.165) is 19.3 Å². The van der Waals surface area contributed by atoms with Crippen molar-refractivity contribution in [1.82, 2.24) is 4.72 Å². The molecule has 3 nitrogen and oxygen atoms in total. The third-order valence-corrected chi connectivity index (χ3v) is 4.54. The van der Waals surface area contributed by atoms with Crippen molar-refractivity contribution in [1.29, 1.82) is 0 Å². The quantitative estimate of drug-likeness (QED) is 0.779. The minimum atomic E-state index is -3.36. The van der Waals surface area contributed by atoms with Crippen LogP contribution in [0.1, 0.15) is 32.3 Å². The Morgan fingerprint density at radius 2 is 1.89 bits per heavy atom. The standard InChI is InChI=1S/C13H20BrNO2S/c1-3-4-12-5-7-13(8-6-12)18(16,17)15-10-9-11(2)14/h5-8,11,15H,3-4,9-10H2,1-2H3. The molecule has 0 fully saturated rings. The van der Waals surface area contributed by atoms with E-state index in [1.165, 1.54) is 5.56 Å². The predicted octanol–water partition coefficient (Wildman–Crippen LogP) is 3.09. The first-order valence-electron chi connectivity index (χ1n) is 6.18. The van der Waals surface area contributed by atoms with Gasteiger partial charge >= 0.3 is 0 Å². The van der Waals surface area contributed by atoms with Crippen LogP contribution in [-0.2, 0) is 16.4 Å². The van der Waals surface area contributed by atoms with Gasteiger partial charge in [0.05, 0.1) is 4.90 Å². The van der Waals surface area contributed by atoms with Crippen molar-refractivity contribution in [2.24, 2.45) is 0 Å². The fourth-order valence-corrected chi connectivity index (χ4v) is 2.88. The summed E-state index contributed by atoms with van der Waals surface area (Å²) in [4.78, 5) is 0.650. The van der Waals surface area contributed by atoms with Gasteiger partial charge in [-0.1, -0.05) is 48.3 Å². The topological polar surface area (TPSA) is 46.2 Å². The van der Waals surface area contributed by atoms with Crippen molar-refractivity contribution in [2.45, 2.75) is 42.8 Å². The number of halogens is 1. The third-order valence-electron chi connectivity index (χ3n) is 2.61. The van der Waals surface area contributed by atoms with Gasteiger partial charge in [0, 0.05) is 11.4 Å². The number of hydrogen-bond donors (Lipinski definition) is 1. The van der Waals surface area contributed by atoms with Crippen molar-refractivity contribution < 1.29 is 8.42 Å². The van der Waals surface area contributed by atoms with E-state index < -0.39 is 10.0 Å². The monoisotopic (exact) mass is 333 g/mol. The second kappa shape index (κ2) is 7.26. The molecular weight excluding hydrogens is 314 g/mol. The lowest BCUT2D eigenvalue weighted by Crippen LogP contribution is -2.25. The molecule has 1 N–H and O–H groups in total. The SMILES string of the molecule is CCCc1ccc(S(=O)(=O)NCCC(C)Br)cc1. The Bertz CT molecular complexity index is 454. The molecular formula is C13H20BrNO2S. The minimum absolute atomic E-state index is 0.312. The van der Waals surface area contributed by atoms with Gasteiger partial charge in [-0.15, -0.1) is 0 Å². The maximum Gasteiger partial charge on any atom is 0.240 e. The molecule has 0 aliphatic carbocycles. The number of aryl methyl sites for hydroxylation is 1. The molecule has 0 spiro atoms. The molecule has 102 valence electrons. The van der Waals surface area contributed by atoms with Gasteiger partial charge in [0.1, 0.15) is 0 Å². The van der Waals surface area contributed by atoms with E-state index in [4.69, 9.17) is 0 Å². The molecule has 1 rings (SSSR count). The van der Waals surface area contributed by atoms with E-state index in [-0.39, 0.29) is 0 Å². The highest BCUT2D eigenvalue weighted by molar-refractivity contribution is 9.09. The van der Waals surface area contributed by atoms with Gasteiger partial charge in [-0.25, -0.2) is 13.1 Å². The zero-order chi connectivity index (χ0) is 13.6. The van der Waals surface area contributed by atoms with Crippen LogP contribution < -0.4 is 4.72 Å². The number of alkyl halides is 1. The van der Waals surface area contributed by atoms with E-state index in [9.17, 15) is 8.42 Å². The molecule has 1 aromatic rings. The summed E-state index contributed by atoms with van der Waals surface area (Å²) in [6.45, 7) is 4.55. The van der Waals surface area contributed by atoms with E-state index in [2.05, 4.69) is 27.6 Å². The molecule has 0 heterocycles. The van der Waals surface area contributed by atoms with Crippen LogP contribution in [0.2, 0.25) is 0 Å². The summed E-state index contributed by atoms with van der Waals surface area (Å²) in [5.41, 5.74) is 1.17.